The Kier molecular flexibility index (Phi) is 8.56. The lowest BCUT2D eigenvalue weighted by Gasteiger charge is -2.29. The van der Waals surface area contributed by atoms with Gasteiger partial charge in [-0.05, 0) is 118 Å². The molecule has 0 spiro atoms. The van der Waals surface area contributed by atoms with E-state index >= 15 is 0 Å². The van der Waals surface area contributed by atoms with Crippen LogP contribution in [0.4, 0.5) is 17.1 Å². The quantitative estimate of drug-likeness (QED) is 0.156. The van der Waals surface area contributed by atoms with Gasteiger partial charge in [0, 0.05) is 55.3 Å². The molecule has 2 aromatic heterocycles. The molecule has 0 atom stereocenters. The second kappa shape index (κ2) is 14.8. The molecule has 0 fully saturated rings. The molecule has 0 amide bonds. The van der Waals surface area contributed by atoms with E-state index < -0.39 is 0 Å². The molecule has 0 saturated heterocycles. The van der Waals surface area contributed by atoms with Crippen molar-refractivity contribution in [3.8, 4) is 44.8 Å². The van der Waals surface area contributed by atoms with Crippen LogP contribution in [0.2, 0.25) is 0 Å². The van der Waals surface area contributed by atoms with E-state index in [9.17, 15) is 0 Å². The Balaban J connectivity index is 0.972. The van der Waals surface area contributed by atoms with Crippen molar-refractivity contribution in [2.45, 2.75) is 19.3 Å². The third-order valence-electron chi connectivity index (χ3n) is 14.1. The summed E-state index contributed by atoms with van der Waals surface area (Å²) in [6, 6.07) is 86.7. The fourth-order valence-corrected chi connectivity index (χ4v) is 11.2. The van der Waals surface area contributed by atoms with Crippen LogP contribution in [0.5, 0.6) is 0 Å². The number of anilines is 3. The minimum absolute atomic E-state index is 0.128. The maximum Gasteiger partial charge on any atom is 0.0547 e. The van der Waals surface area contributed by atoms with Gasteiger partial charge in [-0.3, -0.25) is 0 Å². The number of aromatic nitrogens is 2. The summed E-state index contributed by atoms with van der Waals surface area (Å²) in [5.74, 6) is 0. The molecule has 0 aliphatic heterocycles. The monoisotopic (exact) mass is 843 g/mol. The second-order valence-corrected chi connectivity index (χ2v) is 18.1. The Morgan fingerprint density at radius 3 is 1.27 bits per heavy atom. The van der Waals surface area contributed by atoms with Gasteiger partial charge in [-0.25, -0.2) is 0 Å². The smallest absolute Gasteiger partial charge is 0.0547 e. The fraction of sp³-hybridized carbons (Fsp3) is 0.0476. The molecule has 2 heterocycles. The zero-order chi connectivity index (χ0) is 43.9. The number of benzene rings is 10. The van der Waals surface area contributed by atoms with Crippen LogP contribution in [0.25, 0.3) is 88.4 Å². The van der Waals surface area contributed by atoms with Crippen LogP contribution in [0.3, 0.4) is 0 Å². The average Bonchev–Trinajstić information content (AvgIpc) is 3.99. The van der Waals surface area contributed by atoms with Crippen molar-refractivity contribution in [2.75, 3.05) is 4.90 Å². The van der Waals surface area contributed by atoms with Crippen LogP contribution < -0.4 is 4.90 Å². The third kappa shape index (κ3) is 5.70. The van der Waals surface area contributed by atoms with Gasteiger partial charge < -0.3 is 14.0 Å². The molecular weight excluding hydrogens is 799 g/mol. The summed E-state index contributed by atoms with van der Waals surface area (Å²) in [4.78, 5) is 2.47. The van der Waals surface area contributed by atoms with E-state index in [0.717, 1.165) is 22.7 Å². The summed E-state index contributed by atoms with van der Waals surface area (Å²) >= 11 is 0. The number of fused-ring (bicyclic) bond motifs is 9. The van der Waals surface area contributed by atoms with Crippen LogP contribution in [-0.4, -0.2) is 9.13 Å². The molecule has 3 heteroatoms. The molecule has 312 valence electrons. The zero-order valence-corrected chi connectivity index (χ0v) is 36.9. The molecule has 13 rings (SSSR count). The molecule has 3 nitrogen and oxygen atoms in total. The fourth-order valence-electron chi connectivity index (χ4n) is 11.2. The highest BCUT2D eigenvalue weighted by Gasteiger charge is 2.37. The Morgan fingerprint density at radius 1 is 0.333 bits per heavy atom. The van der Waals surface area contributed by atoms with Gasteiger partial charge in [-0.1, -0.05) is 172 Å². The lowest BCUT2D eigenvalue weighted by molar-refractivity contribution is 0.660. The Labute approximate surface area is 384 Å². The summed E-state index contributed by atoms with van der Waals surface area (Å²) < 4.78 is 4.79. The first-order valence-corrected chi connectivity index (χ1v) is 22.9. The minimum Gasteiger partial charge on any atom is -0.310 e. The molecular formula is C63H45N3. The van der Waals surface area contributed by atoms with Gasteiger partial charge in [0.15, 0.2) is 0 Å². The summed E-state index contributed by atoms with van der Waals surface area (Å²) in [7, 11) is 0. The van der Waals surface area contributed by atoms with Crippen molar-refractivity contribution in [1.29, 1.82) is 0 Å². The van der Waals surface area contributed by atoms with E-state index in [1.165, 1.54) is 93.8 Å². The first-order valence-electron chi connectivity index (χ1n) is 22.9. The second-order valence-electron chi connectivity index (χ2n) is 18.1. The van der Waals surface area contributed by atoms with Crippen LogP contribution >= 0.6 is 0 Å². The Bertz CT molecular complexity index is 3620. The molecule has 0 bridgehead atoms. The predicted molar refractivity (Wildman–Crippen MR) is 278 cm³/mol. The number of para-hydroxylation sites is 4. The van der Waals surface area contributed by atoms with Gasteiger partial charge in [-0.2, -0.15) is 0 Å². The summed E-state index contributed by atoms with van der Waals surface area (Å²) in [6.45, 7) is 4.72. The average molecular weight is 844 g/mol. The number of rotatable bonds is 7. The molecule has 1 aliphatic carbocycles. The molecule has 0 saturated carbocycles. The largest absolute Gasteiger partial charge is 0.310 e. The minimum atomic E-state index is -0.128. The first kappa shape index (κ1) is 38.1. The molecule has 12 aromatic rings. The van der Waals surface area contributed by atoms with Crippen molar-refractivity contribution in [1.82, 2.24) is 9.13 Å². The van der Waals surface area contributed by atoms with Crippen LogP contribution in [0.15, 0.2) is 237 Å². The van der Waals surface area contributed by atoms with Crippen molar-refractivity contribution in [3.05, 3.63) is 248 Å². The van der Waals surface area contributed by atoms with Crippen molar-refractivity contribution >= 4 is 60.7 Å². The van der Waals surface area contributed by atoms with Gasteiger partial charge in [0.2, 0.25) is 0 Å². The number of nitrogens with zero attached hydrogens (tertiary/aromatic N) is 3. The third-order valence-corrected chi connectivity index (χ3v) is 14.1. The topological polar surface area (TPSA) is 13.1 Å². The highest BCUT2D eigenvalue weighted by Crippen LogP contribution is 2.54. The maximum atomic E-state index is 2.47. The SMILES string of the molecule is CC1(C)c2ccccc2-c2c(N(c3ccc(-c4cccc5c4c4ccccc4n5-c4ccccc4)cc3)c3ccc(-c4cccc5c4c4ccccc4n5-c4ccccc4)cc3)cccc21. The Hall–Kier alpha value is -8.40. The molecule has 10 aromatic carbocycles. The van der Waals surface area contributed by atoms with Crippen LogP contribution in [0, 0.1) is 0 Å². The summed E-state index contributed by atoms with van der Waals surface area (Å²) in [5, 5.41) is 5.02. The molecule has 1 aliphatic rings. The zero-order valence-electron chi connectivity index (χ0n) is 36.9. The highest BCUT2D eigenvalue weighted by molar-refractivity contribution is 6.17. The molecule has 0 unspecified atom stereocenters. The van der Waals surface area contributed by atoms with Crippen molar-refractivity contribution in [2.24, 2.45) is 0 Å². The molecule has 0 radical (unpaired) electrons. The molecule has 66 heavy (non-hydrogen) atoms. The normalized spacial score (nSPS) is 12.8. The van der Waals surface area contributed by atoms with Gasteiger partial charge in [-0.15, -0.1) is 0 Å². The lowest BCUT2D eigenvalue weighted by Crippen LogP contribution is -2.16. The van der Waals surface area contributed by atoms with E-state index in [1.807, 2.05) is 0 Å². The van der Waals surface area contributed by atoms with Gasteiger partial charge in [0.05, 0.1) is 27.8 Å². The lowest BCUT2D eigenvalue weighted by atomic mass is 9.82. The maximum absolute atomic E-state index is 2.47. The van der Waals surface area contributed by atoms with E-state index in [-0.39, 0.29) is 5.41 Å². The van der Waals surface area contributed by atoms with Gasteiger partial charge in [0.1, 0.15) is 0 Å². The first-order chi connectivity index (χ1) is 32.5. The summed E-state index contributed by atoms with van der Waals surface area (Å²) in [5.41, 5.74) is 20.5. The number of hydrogen-bond donors (Lipinski definition) is 0. The molecule has 0 N–H and O–H groups in total. The van der Waals surface area contributed by atoms with E-state index in [0.29, 0.717) is 0 Å². The summed E-state index contributed by atoms with van der Waals surface area (Å²) in [6.07, 6.45) is 0. The van der Waals surface area contributed by atoms with Gasteiger partial charge in [0.25, 0.3) is 0 Å². The van der Waals surface area contributed by atoms with E-state index in [1.54, 1.807) is 0 Å². The Morgan fingerprint density at radius 2 is 0.742 bits per heavy atom. The van der Waals surface area contributed by atoms with E-state index in [2.05, 4.69) is 264 Å². The van der Waals surface area contributed by atoms with Crippen LogP contribution in [0.1, 0.15) is 25.0 Å². The van der Waals surface area contributed by atoms with Gasteiger partial charge >= 0.3 is 0 Å². The van der Waals surface area contributed by atoms with Crippen molar-refractivity contribution < 1.29 is 0 Å². The number of hydrogen-bond acceptors (Lipinski definition) is 1. The predicted octanol–water partition coefficient (Wildman–Crippen LogP) is 17.0. The van der Waals surface area contributed by atoms with Crippen LogP contribution in [-0.2, 0) is 5.41 Å². The van der Waals surface area contributed by atoms with E-state index in [4.69, 9.17) is 0 Å². The van der Waals surface area contributed by atoms with Crippen molar-refractivity contribution in [3.63, 3.8) is 0 Å². The highest BCUT2D eigenvalue weighted by atomic mass is 15.1. The standard InChI is InChI=1S/C63H45N3/c1-63(2)53-27-12-9-22-50(53)62-54(63)28-17-33-59(62)64(46-38-34-42(35-39-46)48-25-15-31-57-60(48)51-23-10-13-29-55(51)65(57)44-18-5-3-6-19-44)47-40-36-43(37-41-47)49-26-16-32-58-61(49)52-24-11-14-30-56(52)66(58)45-20-7-4-8-21-45/h3-41H,1-2H3.